The van der Waals surface area contributed by atoms with Crippen molar-refractivity contribution in [3.8, 4) is 0 Å². The summed E-state index contributed by atoms with van der Waals surface area (Å²) >= 11 is 7.69. The Hall–Kier alpha value is -1.10. The van der Waals surface area contributed by atoms with Crippen LogP contribution >= 0.6 is 23.4 Å². The lowest BCUT2D eigenvalue weighted by Gasteiger charge is -2.10. The zero-order chi connectivity index (χ0) is 15.2. The van der Waals surface area contributed by atoms with Crippen molar-refractivity contribution in [2.45, 2.75) is 37.3 Å². The molecule has 0 spiro atoms. The average Bonchev–Trinajstić information content (AvgIpc) is 2.44. The Morgan fingerprint density at radius 3 is 2.52 bits per heavy atom. The van der Waals surface area contributed by atoms with Gasteiger partial charge in [-0.1, -0.05) is 17.7 Å². The highest BCUT2D eigenvalue weighted by Crippen LogP contribution is 2.24. The monoisotopic (exact) mass is 321 g/mol. The van der Waals surface area contributed by atoms with E-state index in [1.54, 1.807) is 11.8 Å². The zero-order valence-corrected chi connectivity index (χ0v) is 14.0. The predicted molar refractivity (Wildman–Crippen MR) is 89.9 cm³/mol. The Kier molecular flexibility index (Phi) is 6.03. The molecule has 0 saturated carbocycles. The highest BCUT2D eigenvalue weighted by atomic mass is 35.5. The van der Waals surface area contributed by atoms with Gasteiger partial charge in [-0.15, -0.1) is 11.8 Å². The predicted octanol–water partition coefficient (Wildman–Crippen LogP) is 3.93. The Morgan fingerprint density at radius 2 is 1.90 bits per heavy atom. The molecule has 0 saturated heterocycles. The van der Waals surface area contributed by atoms with Gasteiger partial charge in [-0.05, 0) is 57.0 Å². The van der Waals surface area contributed by atoms with E-state index in [4.69, 9.17) is 17.3 Å². The third kappa shape index (κ3) is 4.70. The van der Waals surface area contributed by atoms with E-state index in [1.807, 2.05) is 38.1 Å². The molecule has 2 aromatic rings. The molecular formula is C16H20ClN3S. The largest absolute Gasteiger partial charge is 0.330 e. The maximum atomic E-state index is 5.99. The third-order valence-electron chi connectivity index (χ3n) is 3.26. The van der Waals surface area contributed by atoms with Gasteiger partial charge in [0.2, 0.25) is 0 Å². The summed E-state index contributed by atoms with van der Waals surface area (Å²) in [6.07, 6.45) is 1.93. The SMILES string of the molecule is Cc1nc(CSc2cccc(Cl)c2)nc(C)c1CCCN. The van der Waals surface area contributed by atoms with Crippen LogP contribution in [-0.4, -0.2) is 16.5 Å². The molecule has 5 heteroatoms. The molecule has 21 heavy (non-hydrogen) atoms. The number of halogens is 1. The summed E-state index contributed by atoms with van der Waals surface area (Å²) in [4.78, 5) is 10.4. The topological polar surface area (TPSA) is 51.8 Å². The molecule has 1 heterocycles. The molecule has 1 aromatic heterocycles. The maximum absolute atomic E-state index is 5.99. The smallest absolute Gasteiger partial charge is 0.139 e. The van der Waals surface area contributed by atoms with E-state index in [0.29, 0.717) is 6.54 Å². The molecule has 0 aliphatic carbocycles. The number of hydrogen-bond acceptors (Lipinski definition) is 4. The van der Waals surface area contributed by atoms with Crippen molar-refractivity contribution in [2.24, 2.45) is 5.73 Å². The molecule has 0 fully saturated rings. The summed E-state index contributed by atoms with van der Waals surface area (Å²) in [5.74, 6) is 1.62. The molecule has 0 amide bonds. The van der Waals surface area contributed by atoms with E-state index in [1.165, 1.54) is 5.56 Å². The van der Waals surface area contributed by atoms with Gasteiger partial charge in [-0.3, -0.25) is 0 Å². The summed E-state index contributed by atoms with van der Waals surface area (Å²) in [7, 11) is 0. The fourth-order valence-corrected chi connectivity index (χ4v) is 3.28. The van der Waals surface area contributed by atoms with Gasteiger partial charge in [0.1, 0.15) is 5.82 Å². The molecule has 3 nitrogen and oxygen atoms in total. The number of rotatable bonds is 6. The Bertz CT molecular complexity index is 593. The summed E-state index contributed by atoms with van der Waals surface area (Å²) < 4.78 is 0. The van der Waals surface area contributed by atoms with Crippen LogP contribution in [0.15, 0.2) is 29.2 Å². The van der Waals surface area contributed by atoms with Crippen molar-refractivity contribution < 1.29 is 0 Å². The van der Waals surface area contributed by atoms with E-state index in [9.17, 15) is 0 Å². The quantitative estimate of drug-likeness (QED) is 0.819. The molecule has 0 aliphatic rings. The van der Waals surface area contributed by atoms with Crippen molar-refractivity contribution >= 4 is 23.4 Å². The second kappa shape index (κ2) is 7.78. The van der Waals surface area contributed by atoms with Gasteiger partial charge in [0.15, 0.2) is 0 Å². The second-order valence-electron chi connectivity index (χ2n) is 4.93. The molecule has 112 valence electrons. The summed E-state index contributed by atoms with van der Waals surface area (Å²) in [5.41, 5.74) is 8.94. The minimum Gasteiger partial charge on any atom is -0.330 e. The Morgan fingerprint density at radius 1 is 1.19 bits per heavy atom. The van der Waals surface area contributed by atoms with Crippen LogP contribution in [0.25, 0.3) is 0 Å². The summed E-state index contributed by atoms with van der Waals surface area (Å²) in [5, 5.41) is 0.755. The number of aryl methyl sites for hydroxylation is 2. The molecule has 1 aromatic carbocycles. The van der Waals surface area contributed by atoms with Gasteiger partial charge >= 0.3 is 0 Å². The lowest BCUT2D eigenvalue weighted by molar-refractivity contribution is 0.796. The average molecular weight is 322 g/mol. The summed E-state index contributed by atoms with van der Waals surface area (Å²) in [6, 6.07) is 7.84. The molecule has 0 bridgehead atoms. The van der Waals surface area contributed by atoms with E-state index < -0.39 is 0 Å². The number of nitrogens with two attached hydrogens (primary N) is 1. The van der Waals surface area contributed by atoms with Crippen molar-refractivity contribution in [3.63, 3.8) is 0 Å². The first-order chi connectivity index (χ1) is 10.1. The first-order valence-corrected chi connectivity index (χ1v) is 8.38. The van der Waals surface area contributed by atoms with E-state index >= 15 is 0 Å². The number of aromatic nitrogens is 2. The van der Waals surface area contributed by atoms with Gasteiger partial charge in [-0.25, -0.2) is 9.97 Å². The standard InChI is InChI=1S/C16H20ClN3S/c1-11-15(7-4-8-18)12(2)20-16(19-11)10-21-14-6-3-5-13(17)9-14/h3,5-6,9H,4,7-8,10,18H2,1-2H3. The highest BCUT2D eigenvalue weighted by molar-refractivity contribution is 7.98. The number of benzene rings is 1. The highest BCUT2D eigenvalue weighted by Gasteiger charge is 2.08. The van der Waals surface area contributed by atoms with E-state index in [-0.39, 0.29) is 0 Å². The van der Waals surface area contributed by atoms with E-state index in [0.717, 1.165) is 45.7 Å². The second-order valence-corrected chi connectivity index (χ2v) is 6.41. The van der Waals surface area contributed by atoms with Crippen molar-refractivity contribution in [2.75, 3.05) is 6.54 Å². The normalized spacial score (nSPS) is 10.9. The van der Waals surface area contributed by atoms with Crippen LogP contribution in [0.1, 0.15) is 29.2 Å². The van der Waals surface area contributed by atoms with Crippen LogP contribution in [0.3, 0.4) is 0 Å². The fourth-order valence-electron chi connectivity index (χ4n) is 2.22. The van der Waals surface area contributed by atoms with Crippen LogP contribution in [0.5, 0.6) is 0 Å². The summed E-state index contributed by atoms with van der Waals surface area (Å²) in [6.45, 7) is 4.80. The third-order valence-corrected chi connectivity index (χ3v) is 4.49. The van der Waals surface area contributed by atoms with Gasteiger partial charge in [0, 0.05) is 21.3 Å². The molecule has 2 rings (SSSR count). The lowest BCUT2D eigenvalue weighted by atomic mass is 10.1. The zero-order valence-electron chi connectivity index (χ0n) is 12.4. The maximum Gasteiger partial charge on any atom is 0.139 e. The van der Waals surface area contributed by atoms with Crippen molar-refractivity contribution in [1.29, 1.82) is 0 Å². The fraction of sp³-hybridized carbons (Fsp3) is 0.375. The Balaban J connectivity index is 2.07. The van der Waals surface area contributed by atoms with Gasteiger partial charge in [0.25, 0.3) is 0 Å². The molecule has 0 aliphatic heterocycles. The van der Waals surface area contributed by atoms with Gasteiger partial charge < -0.3 is 5.73 Å². The minimum absolute atomic E-state index is 0.700. The van der Waals surface area contributed by atoms with Gasteiger partial charge in [0.05, 0.1) is 5.75 Å². The lowest BCUT2D eigenvalue weighted by Crippen LogP contribution is -2.07. The number of thioether (sulfide) groups is 1. The van der Waals surface area contributed by atoms with Crippen LogP contribution in [-0.2, 0) is 12.2 Å². The van der Waals surface area contributed by atoms with Crippen LogP contribution < -0.4 is 5.73 Å². The molecular weight excluding hydrogens is 302 g/mol. The van der Waals surface area contributed by atoms with Gasteiger partial charge in [-0.2, -0.15) is 0 Å². The first-order valence-electron chi connectivity index (χ1n) is 7.01. The van der Waals surface area contributed by atoms with Crippen molar-refractivity contribution in [3.05, 3.63) is 52.1 Å². The first kappa shape index (κ1) is 16.3. The molecule has 0 atom stereocenters. The van der Waals surface area contributed by atoms with Crippen molar-refractivity contribution in [1.82, 2.24) is 9.97 Å². The molecule has 0 unspecified atom stereocenters. The molecule has 0 radical (unpaired) electrons. The van der Waals surface area contributed by atoms with Crippen LogP contribution in [0.2, 0.25) is 5.02 Å². The number of hydrogen-bond donors (Lipinski definition) is 1. The number of nitrogens with zero attached hydrogens (tertiary/aromatic N) is 2. The van der Waals surface area contributed by atoms with E-state index in [2.05, 4.69) is 9.97 Å². The Labute approximate surface area is 135 Å². The van der Waals surface area contributed by atoms with Crippen LogP contribution in [0.4, 0.5) is 0 Å². The minimum atomic E-state index is 0.700. The van der Waals surface area contributed by atoms with Crippen LogP contribution in [0, 0.1) is 13.8 Å². The molecule has 2 N–H and O–H groups in total.